The van der Waals surface area contributed by atoms with Crippen LogP contribution in [-0.4, -0.2) is 25.2 Å². The highest BCUT2D eigenvalue weighted by Gasteiger charge is 2.28. The van der Waals surface area contributed by atoms with E-state index in [-0.39, 0.29) is 17.1 Å². The van der Waals surface area contributed by atoms with E-state index in [2.05, 4.69) is 15.0 Å². The Bertz CT molecular complexity index is 1010. The molecule has 0 saturated heterocycles. The van der Waals surface area contributed by atoms with Gasteiger partial charge in [0.2, 0.25) is 0 Å². The smallest absolute Gasteiger partial charge is 0.256 e. The number of pyridine rings is 3. The number of rotatable bonds is 3. The van der Waals surface area contributed by atoms with E-state index in [9.17, 15) is 19.8 Å². The SMILES string of the molecule is Cc1cc(O)c(C(c2ccncc2)c2c(O)cc(=O)[nH]c2C)c(=O)[nH]1. The van der Waals surface area contributed by atoms with Crippen molar-refractivity contribution in [2.24, 2.45) is 0 Å². The van der Waals surface area contributed by atoms with Crippen molar-refractivity contribution in [2.75, 3.05) is 0 Å². The number of nitrogens with zero attached hydrogens (tertiary/aromatic N) is 1. The Labute approximate surface area is 142 Å². The van der Waals surface area contributed by atoms with Gasteiger partial charge in [0.15, 0.2) is 0 Å². The Kier molecular flexibility index (Phi) is 4.14. The van der Waals surface area contributed by atoms with Crippen LogP contribution in [0, 0.1) is 13.8 Å². The fourth-order valence-corrected chi connectivity index (χ4v) is 3.04. The monoisotopic (exact) mass is 339 g/mol. The summed E-state index contributed by atoms with van der Waals surface area (Å²) < 4.78 is 0. The minimum atomic E-state index is -0.774. The van der Waals surface area contributed by atoms with Crippen LogP contribution in [0.5, 0.6) is 11.5 Å². The molecule has 3 rings (SSSR count). The molecule has 0 radical (unpaired) electrons. The molecule has 4 N–H and O–H groups in total. The molecule has 0 aliphatic rings. The second kappa shape index (κ2) is 6.27. The molecule has 0 aliphatic heterocycles. The fourth-order valence-electron chi connectivity index (χ4n) is 3.04. The first-order valence-electron chi connectivity index (χ1n) is 7.64. The molecule has 7 heteroatoms. The lowest BCUT2D eigenvalue weighted by Crippen LogP contribution is -2.21. The van der Waals surface area contributed by atoms with E-state index in [1.165, 1.54) is 6.07 Å². The van der Waals surface area contributed by atoms with Crippen molar-refractivity contribution in [3.05, 3.63) is 85.4 Å². The summed E-state index contributed by atoms with van der Waals surface area (Å²) in [6, 6.07) is 5.87. The Hall–Kier alpha value is -3.35. The van der Waals surface area contributed by atoms with Gasteiger partial charge in [-0.3, -0.25) is 14.6 Å². The number of H-pyrrole nitrogens is 2. The highest BCUT2D eigenvalue weighted by Crippen LogP contribution is 2.39. The third-order valence-electron chi connectivity index (χ3n) is 4.06. The second-order valence-corrected chi connectivity index (χ2v) is 5.85. The number of hydrogen-bond donors (Lipinski definition) is 4. The van der Waals surface area contributed by atoms with Gasteiger partial charge in [-0.2, -0.15) is 0 Å². The van der Waals surface area contributed by atoms with Crippen molar-refractivity contribution >= 4 is 0 Å². The van der Waals surface area contributed by atoms with E-state index >= 15 is 0 Å². The minimum absolute atomic E-state index is 0.0854. The Morgan fingerprint density at radius 1 is 0.960 bits per heavy atom. The zero-order chi connectivity index (χ0) is 18.1. The van der Waals surface area contributed by atoms with E-state index in [0.29, 0.717) is 22.5 Å². The number of aromatic amines is 2. The molecule has 1 atom stereocenters. The molecule has 0 amide bonds. The molecule has 3 heterocycles. The summed E-state index contributed by atoms with van der Waals surface area (Å²) in [4.78, 5) is 33.4. The molecule has 3 aromatic heterocycles. The first-order valence-corrected chi connectivity index (χ1v) is 7.64. The summed E-state index contributed by atoms with van der Waals surface area (Å²) in [6.07, 6.45) is 3.11. The molecule has 128 valence electrons. The quantitative estimate of drug-likeness (QED) is 0.579. The van der Waals surface area contributed by atoms with Gasteiger partial charge in [0, 0.05) is 41.3 Å². The van der Waals surface area contributed by atoms with Crippen LogP contribution < -0.4 is 11.1 Å². The lowest BCUT2D eigenvalue weighted by Gasteiger charge is -2.21. The van der Waals surface area contributed by atoms with Crippen molar-refractivity contribution in [2.45, 2.75) is 19.8 Å². The molecular weight excluding hydrogens is 322 g/mol. The Morgan fingerprint density at radius 2 is 1.60 bits per heavy atom. The highest BCUT2D eigenvalue weighted by atomic mass is 16.3. The van der Waals surface area contributed by atoms with Crippen LogP contribution in [0.3, 0.4) is 0 Å². The van der Waals surface area contributed by atoms with Gasteiger partial charge in [-0.1, -0.05) is 0 Å². The molecule has 0 saturated carbocycles. The lowest BCUT2D eigenvalue weighted by molar-refractivity contribution is 0.454. The summed E-state index contributed by atoms with van der Waals surface area (Å²) in [5.41, 5.74) is 1.08. The van der Waals surface area contributed by atoms with E-state index in [4.69, 9.17) is 0 Å². The first kappa shape index (κ1) is 16.5. The molecule has 0 aliphatic carbocycles. The molecule has 25 heavy (non-hydrogen) atoms. The van der Waals surface area contributed by atoms with Gasteiger partial charge in [0.05, 0.1) is 5.56 Å². The van der Waals surface area contributed by atoms with Gasteiger partial charge < -0.3 is 20.2 Å². The summed E-state index contributed by atoms with van der Waals surface area (Å²) in [7, 11) is 0. The van der Waals surface area contributed by atoms with Gasteiger partial charge in [-0.05, 0) is 37.6 Å². The maximum atomic E-state index is 12.6. The average Bonchev–Trinajstić information content (AvgIpc) is 2.52. The highest BCUT2D eigenvalue weighted by molar-refractivity contribution is 5.52. The third kappa shape index (κ3) is 3.03. The van der Waals surface area contributed by atoms with Gasteiger partial charge >= 0.3 is 0 Å². The van der Waals surface area contributed by atoms with E-state index in [1.54, 1.807) is 38.4 Å². The lowest BCUT2D eigenvalue weighted by atomic mass is 9.84. The van der Waals surface area contributed by atoms with Crippen LogP contribution in [0.4, 0.5) is 0 Å². The maximum Gasteiger partial charge on any atom is 0.256 e. The maximum absolute atomic E-state index is 12.6. The van der Waals surface area contributed by atoms with Crippen LogP contribution >= 0.6 is 0 Å². The van der Waals surface area contributed by atoms with Crippen molar-refractivity contribution in [1.82, 2.24) is 15.0 Å². The van der Waals surface area contributed by atoms with Crippen molar-refractivity contribution in [3.8, 4) is 11.5 Å². The number of aromatic hydroxyl groups is 2. The van der Waals surface area contributed by atoms with Crippen LogP contribution in [0.2, 0.25) is 0 Å². The predicted molar refractivity (Wildman–Crippen MR) is 92.1 cm³/mol. The average molecular weight is 339 g/mol. The Morgan fingerprint density at radius 3 is 2.20 bits per heavy atom. The van der Waals surface area contributed by atoms with Gasteiger partial charge in [-0.15, -0.1) is 0 Å². The van der Waals surface area contributed by atoms with E-state index in [1.807, 2.05) is 0 Å². The summed E-state index contributed by atoms with van der Waals surface area (Å²) in [5.74, 6) is -1.21. The zero-order valence-electron chi connectivity index (χ0n) is 13.7. The van der Waals surface area contributed by atoms with Gasteiger partial charge in [0.1, 0.15) is 11.5 Å². The normalized spacial score (nSPS) is 12.1. The third-order valence-corrected chi connectivity index (χ3v) is 4.06. The molecule has 7 nitrogen and oxygen atoms in total. The largest absolute Gasteiger partial charge is 0.507 e. The molecule has 1 unspecified atom stereocenters. The summed E-state index contributed by atoms with van der Waals surface area (Å²) >= 11 is 0. The Balaban J connectivity index is 2.38. The van der Waals surface area contributed by atoms with Gasteiger partial charge in [-0.25, -0.2) is 0 Å². The first-order chi connectivity index (χ1) is 11.9. The number of aryl methyl sites for hydroxylation is 2. The number of nitrogens with one attached hydrogen (secondary N) is 2. The topological polar surface area (TPSA) is 119 Å². The summed E-state index contributed by atoms with van der Waals surface area (Å²) in [5, 5.41) is 20.8. The molecular formula is C18H17N3O4. The fraction of sp³-hybridized carbons (Fsp3) is 0.167. The second-order valence-electron chi connectivity index (χ2n) is 5.85. The van der Waals surface area contributed by atoms with E-state index < -0.39 is 17.0 Å². The predicted octanol–water partition coefficient (Wildman–Crippen LogP) is 1.67. The minimum Gasteiger partial charge on any atom is -0.507 e. The van der Waals surface area contributed by atoms with Crippen molar-refractivity contribution in [1.29, 1.82) is 0 Å². The van der Waals surface area contributed by atoms with Crippen LogP contribution in [0.1, 0.15) is 34.0 Å². The summed E-state index contributed by atoms with van der Waals surface area (Å²) in [6.45, 7) is 3.29. The zero-order valence-corrected chi connectivity index (χ0v) is 13.7. The number of hydrogen-bond acceptors (Lipinski definition) is 5. The van der Waals surface area contributed by atoms with Crippen LogP contribution in [0.15, 0.2) is 46.2 Å². The van der Waals surface area contributed by atoms with Crippen molar-refractivity contribution in [3.63, 3.8) is 0 Å². The molecule has 0 fully saturated rings. The molecule has 0 bridgehead atoms. The van der Waals surface area contributed by atoms with Gasteiger partial charge in [0.25, 0.3) is 11.1 Å². The standard InChI is InChI=1S/C18H17N3O4/c1-9-7-12(22)17(18(25)20-9)16(11-3-5-19-6-4-11)15-10(2)21-14(24)8-13(15)23/h3-8,16H,1-2H3,(H2,20,22,25)(H2,21,23,24). The van der Waals surface area contributed by atoms with Crippen LogP contribution in [-0.2, 0) is 0 Å². The van der Waals surface area contributed by atoms with Crippen molar-refractivity contribution < 1.29 is 10.2 Å². The van der Waals surface area contributed by atoms with E-state index in [0.717, 1.165) is 6.07 Å². The van der Waals surface area contributed by atoms with Crippen LogP contribution in [0.25, 0.3) is 0 Å². The molecule has 0 aromatic carbocycles. The molecule has 3 aromatic rings. The molecule has 0 spiro atoms. The number of aromatic nitrogens is 3.